The Morgan fingerprint density at radius 2 is 1.57 bits per heavy atom. The summed E-state index contributed by atoms with van der Waals surface area (Å²) in [5.74, 6) is 0.550. The fourth-order valence-corrected chi connectivity index (χ4v) is 2.51. The molecule has 0 amide bonds. The monoisotopic (exact) mass is 279 g/mol. The lowest BCUT2D eigenvalue weighted by Gasteiger charge is -2.18. The van der Waals surface area contributed by atoms with Crippen LogP contribution in [-0.2, 0) is 0 Å². The zero-order chi connectivity index (χ0) is 14.8. The van der Waals surface area contributed by atoms with E-state index in [2.05, 4.69) is 5.32 Å². The summed E-state index contributed by atoms with van der Waals surface area (Å²) >= 11 is 0. The molecule has 0 heterocycles. The Balaban J connectivity index is 1.92. The van der Waals surface area contributed by atoms with E-state index in [9.17, 15) is 10.2 Å². The number of phenols is 2. The average Bonchev–Trinajstić information content (AvgIpc) is 2.50. The van der Waals surface area contributed by atoms with Crippen LogP contribution in [0.4, 0.5) is 5.69 Å². The number of rotatable bonds is 3. The van der Waals surface area contributed by atoms with Gasteiger partial charge in [0.05, 0.1) is 6.04 Å². The molecule has 0 aliphatic heterocycles. The summed E-state index contributed by atoms with van der Waals surface area (Å²) < 4.78 is 0. The first-order chi connectivity index (χ1) is 10.1. The number of hydrogen-bond acceptors (Lipinski definition) is 3. The standard InChI is InChI=1S/C18H17NO2/c1-12(19-14-7-9-15(20)10-8-14)16-11-6-13-4-2-3-5-17(13)18(16)21/h2-12,19-21H,1H3. The minimum absolute atomic E-state index is 0.0425. The predicted molar refractivity (Wildman–Crippen MR) is 85.8 cm³/mol. The number of fused-ring (bicyclic) bond motifs is 1. The van der Waals surface area contributed by atoms with Crippen LogP contribution in [0.2, 0.25) is 0 Å². The molecule has 0 fully saturated rings. The molecule has 3 nitrogen and oxygen atoms in total. The van der Waals surface area contributed by atoms with Crippen molar-refractivity contribution in [2.45, 2.75) is 13.0 Å². The highest BCUT2D eigenvalue weighted by Crippen LogP contribution is 2.33. The van der Waals surface area contributed by atoms with E-state index in [0.717, 1.165) is 22.0 Å². The molecule has 3 heteroatoms. The summed E-state index contributed by atoms with van der Waals surface area (Å²) in [5, 5.41) is 25.0. The third-order valence-corrected chi connectivity index (χ3v) is 3.65. The van der Waals surface area contributed by atoms with Crippen LogP contribution in [0.25, 0.3) is 10.8 Å². The van der Waals surface area contributed by atoms with E-state index in [1.807, 2.05) is 55.5 Å². The Morgan fingerprint density at radius 1 is 0.857 bits per heavy atom. The van der Waals surface area contributed by atoms with Crippen LogP contribution in [0, 0.1) is 0 Å². The number of aromatic hydroxyl groups is 2. The van der Waals surface area contributed by atoms with Crippen molar-refractivity contribution in [3.63, 3.8) is 0 Å². The second-order valence-corrected chi connectivity index (χ2v) is 5.14. The number of anilines is 1. The molecule has 1 atom stereocenters. The highest BCUT2D eigenvalue weighted by Gasteiger charge is 2.12. The maximum atomic E-state index is 10.5. The SMILES string of the molecule is CC(Nc1ccc(O)cc1)c1ccc2ccccc2c1O. The van der Waals surface area contributed by atoms with Crippen LogP contribution >= 0.6 is 0 Å². The van der Waals surface area contributed by atoms with Crippen LogP contribution < -0.4 is 5.32 Å². The number of benzene rings is 3. The number of nitrogens with one attached hydrogen (secondary N) is 1. The zero-order valence-electron chi connectivity index (χ0n) is 11.7. The van der Waals surface area contributed by atoms with Crippen LogP contribution in [0.3, 0.4) is 0 Å². The quantitative estimate of drug-likeness (QED) is 0.622. The van der Waals surface area contributed by atoms with Crippen LogP contribution in [0.5, 0.6) is 11.5 Å². The van der Waals surface area contributed by atoms with Crippen molar-refractivity contribution < 1.29 is 10.2 Å². The van der Waals surface area contributed by atoms with Crippen molar-refractivity contribution >= 4 is 16.5 Å². The summed E-state index contributed by atoms with van der Waals surface area (Å²) in [7, 11) is 0. The lowest BCUT2D eigenvalue weighted by atomic mass is 10.0. The van der Waals surface area contributed by atoms with Crippen molar-refractivity contribution in [3.05, 3.63) is 66.2 Å². The molecule has 3 aromatic carbocycles. The van der Waals surface area contributed by atoms with E-state index >= 15 is 0 Å². The highest BCUT2D eigenvalue weighted by molar-refractivity contribution is 5.89. The lowest BCUT2D eigenvalue weighted by Crippen LogP contribution is -2.06. The van der Waals surface area contributed by atoms with Crippen molar-refractivity contribution in [2.75, 3.05) is 5.32 Å². The molecular weight excluding hydrogens is 262 g/mol. The molecular formula is C18H17NO2. The molecule has 3 N–H and O–H groups in total. The summed E-state index contributed by atoms with van der Waals surface area (Å²) in [4.78, 5) is 0. The van der Waals surface area contributed by atoms with E-state index in [1.54, 1.807) is 12.1 Å². The van der Waals surface area contributed by atoms with Crippen molar-refractivity contribution in [2.24, 2.45) is 0 Å². The largest absolute Gasteiger partial charge is 0.508 e. The molecule has 0 bridgehead atoms. The Hall–Kier alpha value is -2.68. The van der Waals surface area contributed by atoms with Gasteiger partial charge in [-0.2, -0.15) is 0 Å². The van der Waals surface area contributed by atoms with Gasteiger partial charge in [0.15, 0.2) is 0 Å². The molecule has 0 radical (unpaired) electrons. The average molecular weight is 279 g/mol. The maximum absolute atomic E-state index is 10.5. The fourth-order valence-electron chi connectivity index (χ4n) is 2.51. The molecule has 0 aliphatic carbocycles. The van der Waals surface area contributed by atoms with Gasteiger partial charge in [0, 0.05) is 16.6 Å². The Kier molecular flexibility index (Phi) is 3.40. The van der Waals surface area contributed by atoms with Gasteiger partial charge in [-0.15, -0.1) is 0 Å². The molecule has 3 aromatic rings. The first-order valence-electron chi connectivity index (χ1n) is 6.91. The van der Waals surface area contributed by atoms with E-state index in [1.165, 1.54) is 0 Å². The molecule has 106 valence electrons. The van der Waals surface area contributed by atoms with Crippen molar-refractivity contribution in [1.82, 2.24) is 0 Å². The van der Waals surface area contributed by atoms with E-state index in [0.29, 0.717) is 5.75 Å². The number of hydrogen-bond donors (Lipinski definition) is 3. The molecule has 1 unspecified atom stereocenters. The van der Waals surface area contributed by atoms with Gasteiger partial charge in [-0.3, -0.25) is 0 Å². The molecule has 0 aromatic heterocycles. The van der Waals surface area contributed by atoms with Gasteiger partial charge >= 0.3 is 0 Å². The van der Waals surface area contributed by atoms with Gasteiger partial charge in [-0.25, -0.2) is 0 Å². The van der Waals surface area contributed by atoms with Gasteiger partial charge in [0.2, 0.25) is 0 Å². The maximum Gasteiger partial charge on any atom is 0.128 e. The minimum Gasteiger partial charge on any atom is -0.508 e. The summed E-state index contributed by atoms with van der Waals surface area (Å²) in [6.07, 6.45) is 0. The molecule has 0 saturated heterocycles. The Labute approximate surface area is 123 Å². The third kappa shape index (κ3) is 2.63. The van der Waals surface area contributed by atoms with Gasteiger partial charge in [-0.05, 0) is 36.6 Å². The second-order valence-electron chi connectivity index (χ2n) is 5.14. The van der Waals surface area contributed by atoms with E-state index < -0.39 is 0 Å². The van der Waals surface area contributed by atoms with Crippen LogP contribution in [0.1, 0.15) is 18.5 Å². The van der Waals surface area contributed by atoms with Gasteiger partial charge in [-0.1, -0.05) is 36.4 Å². The Morgan fingerprint density at radius 3 is 2.33 bits per heavy atom. The molecule has 21 heavy (non-hydrogen) atoms. The molecule has 0 aliphatic rings. The predicted octanol–water partition coefficient (Wildman–Crippen LogP) is 4.42. The van der Waals surface area contributed by atoms with Crippen LogP contribution in [-0.4, -0.2) is 10.2 Å². The van der Waals surface area contributed by atoms with Gasteiger partial charge in [0.1, 0.15) is 11.5 Å². The summed E-state index contributed by atoms with van der Waals surface area (Å²) in [6, 6.07) is 18.6. The third-order valence-electron chi connectivity index (χ3n) is 3.65. The van der Waals surface area contributed by atoms with Crippen LogP contribution in [0.15, 0.2) is 60.7 Å². The first-order valence-corrected chi connectivity index (χ1v) is 6.91. The normalized spacial score (nSPS) is 12.2. The van der Waals surface area contributed by atoms with Gasteiger partial charge in [0.25, 0.3) is 0 Å². The zero-order valence-corrected chi connectivity index (χ0v) is 11.7. The topological polar surface area (TPSA) is 52.5 Å². The van der Waals surface area contributed by atoms with Crippen molar-refractivity contribution in [1.29, 1.82) is 0 Å². The minimum atomic E-state index is -0.0425. The molecule has 0 spiro atoms. The fraction of sp³-hybridized carbons (Fsp3) is 0.111. The van der Waals surface area contributed by atoms with Crippen molar-refractivity contribution in [3.8, 4) is 11.5 Å². The summed E-state index contributed by atoms with van der Waals surface area (Å²) in [6.45, 7) is 2.00. The Bertz CT molecular complexity index is 766. The smallest absolute Gasteiger partial charge is 0.128 e. The first kappa shape index (κ1) is 13.3. The highest BCUT2D eigenvalue weighted by atomic mass is 16.3. The number of phenolic OH excluding ortho intramolecular Hbond substituents is 2. The van der Waals surface area contributed by atoms with Gasteiger partial charge < -0.3 is 15.5 Å². The lowest BCUT2D eigenvalue weighted by molar-refractivity contribution is 0.471. The van der Waals surface area contributed by atoms with E-state index in [4.69, 9.17) is 0 Å². The summed E-state index contributed by atoms with van der Waals surface area (Å²) in [5.41, 5.74) is 1.75. The molecule has 0 saturated carbocycles. The molecule has 3 rings (SSSR count). The second kappa shape index (κ2) is 5.37. The van der Waals surface area contributed by atoms with E-state index in [-0.39, 0.29) is 11.8 Å².